The van der Waals surface area contributed by atoms with Crippen molar-refractivity contribution in [2.24, 2.45) is 0 Å². The van der Waals surface area contributed by atoms with Gasteiger partial charge in [0.2, 0.25) is 0 Å². The van der Waals surface area contributed by atoms with Crippen molar-refractivity contribution >= 4 is 11.7 Å². The lowest BCUT2D eigenvalue weighted by atomic mass is 10.2. The predicted octanol–water partition coefficient (Wildman–Crippen LogP) is 0.776. The summed E-state index contributed by atoms with van der Waals surface area (Å²) < 4.78 is 5.21. The first-order valence-corrected chi connectivity index (χ1v) is 6.81. The van der Waals surface area contributed by atoms with Gasteiger partial charge in [-0.2, -0.15) is 5.10 Å². The largest absolute Gasteiger partial charge is 0.497 e. The number of anilines is 1. The van der Waals surface area contributed by atoms with Crippen LogP contribution in [0.1, 0.15) is 10.4 Å². The number of pyridine rings is 1. The minimum atomic E-state index is 0.0157. The Balaban J connectivity index is 1.63. The maximum absolute atomic E-state index is 12.2. The first-order valence-electron chi connectivity index (χ1n) is 6.81. The second-order valence-electron chi connectivity index (χ2n) is 4.82. The summed E-state index contributed by atoms with van der Waals surface area (Å²) >= 11 is 0. The number of carbonyl (C=O) groups is 1. The summed E-state index contributed by atoms with van der Waals surface area (Å²) in [6.45, 7) is 2.85. The predicted molar refractivity (Wildman–Crippen MR) is 77.5 cm³/mol. The topological polar surface area (TPSA) is 74.3 Å². The van der Waals surface area contributed by atoms with Crippen LogP contribution in [-0.4, -0.2) is 59.3 Å². The normalized spacial score (nSPS) is 15.1. The lowest BCUT2D eigenvalue weighted by Crippen LogP contribution is -2.49. The molecule has 1 aliphatic rings. The number of nitrogens with zero attached hydrogens (tertiary/aromatic N) is 4. The van der Waals surface area contributed by atoms with E-state index in [0.29, 0.717) is 18.7 Å². The van der Waals surface area contributed by atoms with Crippen molar-refractivity contribution in [1.82, 2.24) is 20.1 Å². The quantitative estimate of drug-likeness (QED) is 0.903. The molecule has 2 aromatic heterocycles. The highest BCUT2D eigenvalue weighted by Crippen LogP contribution is 2.19. The summed E-state index contributed by atoms with van der Waals surface area (Å²) in [5.74, 6) is 1.68. The van der Waals surface area contributed by atoms with Gasteiger partial charge in [-0.3, -0.25) is 9.89 Å². The maximum Gasteiger partial charge on any atom is 0.257 e. The monoisotopic (exact) mass is 287 g/mol. The third-order valence-corrected chi connectivity index (χ3v) is 3.59. The van der Waals surface area contributed by atoms with Gasteiger partial charge in [0.15, 0.2) is 0 Å². The van der Waals surface area contributed by atoms with Crippen LogP contribution in [0.15, 0.2) is 30.7 Å². The number of ether oxygens (including phenoxy) is 1. The molecule has 0 aliphatic carbocycles. The van der Waals surface area contributed by atoms with Crippen LogP contribution in [0.25, 0.3) is 0 Å². The molecule has 1 N–H and O–H groups in total. The molecule has 1 saturated heterocycles. The van der Waals surface area contributed by atoms with Gasteiger partial charge in [0.25, 0.3) is 5.91 Å². The Bertz CT molecular complexity index is 606. The smallest absolute Gasteiger partial charge is 0.257 e. The Hall–Kier alpha value is -2.57. The number of nitrogens with one attached hydrogen (secondary N) is 1. The summed E-state index contributed by atoms with van der Waals surface area (Å²) in [6, 6.07) is 3.73. The fraction of sp³-hybridized carbons (Fsp3) is 0.357. The summed E-state index contributed by atoms with van der Waals surface area (Å²) in [6.07, 6.45) is 4.91. The van der Waals surface area contributed by atoms with E-state index in [9.17, 15) is 4.79 Å². The average molecular weight is 287 g/mol. The van der Waals surface area contributed by atoms with Crippen molar-refractivity contribution in [3.8, 4) is 5.75 Å². The van der Waals surface area contributed by atoms with Crippen LogP contribution in [-0.2, 0) is 0 Å². The second-order valence-corrected chi connectivity index (χ2v) is 4.82. The number of H-pyrrole nitrogens is 1. The third kappa shape index (κ3) is 2.81. The Kier molecular flexibility index (Phi) is 3.72. The van der Waals surface area contributed by atoms with Gasteiger partial charge in [-0.15, -0.1) is 0 Å². The van der Waals surface area contributed by atoms with Gasteiger partial charge in [-0.1, -0.05) is 0 Å². The Labute approximate surface area is 122 Å². The maximum atomic E-state index is 12.2. The van der Waals surface area contributed by atoms with Gasteiger partial charge >= 0.3 is 0 Å². The molecule has 0 atom stereocenters. The average Bonchev–Trinajstić information content (AvgIpc) is 3.09. The molecule has 0 radical (unpaired) electrons. The Morgan fingerprint density at radius 1 is 1.33 bits per heavy atom. The van der Waals surface area contributed by atoms with E-state index >= 15 is 0 Å². The molecule has 0 bridgehead atoms. The zero-order chi connectivity index (χ0) is 14.7. The van der Waals surface area contributed by atoms with E-state index in [0.717, 1.165) is 24.7 Å². The van der Waals surface area contributed by atoms with E-state index < -0.39 is 0 Å². The SMILES string of the molecule is COc1ccnc(N2CCN(C(=O)c3cn[nH]c3)CC2)c1. The highest BCUT2D eigenvalue weighted by Gasteiger charge is 2.23. The highest BCUT2D eigenvalue weighted by molar-refractivity contribution is 5.93. The molecule has 3 rings (SSSR count). The van der Waals surface area contributed by atoms with Crippen LogP contribution in [0, 0.1) is 0 Å². The number of methoxy groups -OCH3 is 1. The molecule has 0 spiro atoms. The van der Waals surface area contributed by atoms with Crippen LogP contribution < -0.4 is 9.64 Å². The molecule has 0 saturated carbocycles. The van der Waals surface area contributed by atoms with Gasteiger partial charge in [-0.05, 0) is 6.07 Å². The van der Waals surface area contributed by atoms with E-state index in [4.69, 9.17) is 4.74 Å². The first kappa shape index (κ1) is 13.4. The molecule has 1 fully saturated rings. The third-order valence-electron chi connectivity index (χ3n) is 3.59. The number of aromatic amines is 1. The number of amides is 1. The van der Waals surface area contributed by atoms with Crippen LogP contribution in [0.3, 0.4) is 0 Å². The standard InChI is InChI=1S/C14H17N5O2/c1-21-12-2-3-15-13(8-12)18-4-6-19(7-5-18)14(20)11-9-16-17-10-11/h2-3,8-10H,4-7H2,1H3,(H,16,17). The Morgan fingerprint density at radius 3 is 2.81 bits per heavy atom. The van der Waals surface area contributed by atoms with Gasteiger partial charge in [-0.25, -0.2) is 4.98 Å². The molecule has 3 heterocycles. The van der Waals surface area contributed by atoms with Crippen LogP contribution in [0.2, 0.25) is 0 Å². The van der Waals surface area contributed by atoms with Gasteiger partial charge in [0.05, 0.1) is 18.9 Å². The van der Waals surface area contributed by atoms with E-state index in [1.54, 1.807) is 25.7 Å². The summed E-state index contributed by atoms with van der Waals surface area (Å²) in [5, 5.41) is 6.48. The lowest BCUT2D eigenvalue weighted by molar-refractivity contribution is 0.0746. The number of piperazine rings is 1. The molecule has 2 aromatic rings. The molecule has 1 amide bonds. The molecular weight excluding hydrogens is 270 g/mol. The number of aromatic nitrogens is 3. The molecule has 7 heteroatoms. The van der Waals surface area contributed by atoms with Gasteiger partial charge < -0.3 is 14.5 Å². The van der Waals surface area contributed by atoms with Crippen LogP contribution >= 0.6 is 0 Å². The van der Waals surface area contributed by atoms with Crippen molar-refractivity contribution in [2.45, 2.75) is 0 Å². The van der Waals surface area contributed by atoms with E-state index in [-0.39, 0.29) is 5.91 Å². The fourth-order valence-electron chi connectivity index (χ4n) is 2.39. The first-order chi connectivity index (χ1) is 10.3. The highest BCUT2D eigenvalue weighted by atomic mass is 16.5. The summed E-state index contributed by atoms with van der Waals surface area (Å²) in [4.78, 5) is 20.6. The van der Waals surface area contributed by atoms with E-state index in [1.165, 1.54) is 0 Å². The molecule has 110 valence electrons. The molecule has 7 nitrogen and oxygen atoms in total. The minimum Gasteiger partial charge on any atom is -0.497 e. The van der Waals surface area contributed by atoms with Crippen molar-refractivity contribution in [2.75, 3.05) is 38.2 Å². The molecule has 1 aliphatic heterocycles. The van der Waals surface area contributed by atoms with Crippen molar-refractivity contribution in [3.05, 3.63) is 36.3 Å². The number of hydrogen-bond acceptors (Lipinski definition) is 5. The second kappa shape index (κ2) is 5.82. The number of rotatable bonds is 3. The van der Waals surface area contributed by atoms with Crippen LogP contribution in [0.5, 0.6) is 5.75 Å². The van der Waals surface area contributed by atoms with Crippen molar-refractivity contribution in [1.29, 1.82) is 0 Å². The summed E-state index contributed by atoms with van der Waals surface area (Å²) in [7, 11) is 1.64. The van der Waals surface area contributed by atoms with Crippen molar-refractivity contribution in [3.63, 3.8) is 0 Å². The number of hydrogen-bond donors (Lipinski definition) is 1. The molecule has 0 aromatic carbocycles. The number of carbonyl (C=O) groups excluding carboxylic acids is 1. The van der Waals surface area contributed by atoms with Crippen LogP contribution in [0.4, 0.5) is 5.82 Å². The molecular formula is C14H17N5O2. The van der Waals surface area contributed by atoms with E-state index in [1.807, 2.05) is 17.0 Å². The van der Waals surface area contributed by atoms with Gasteiger partial charge in [0.1, 0.15) is 11.6 Å². The fourth-order valence-corrected chi connectivity index (χ4v) is 2.39. The van der Waals surface area contributed by atoms with E-state index in [2.05, 4.69) is 20.1 Å². The zero-order valence-electron chi connectivity index (χ0n) is 11.8. The van der Waals surface area contributed by atoms with Gasteiger partial charge in [0, 0.05) is 44.6 Å². The zero-order valence-corrected chi connectivity index (χ0v) is 11.8. The summed E-state index contributed by atoms with van der Waals surface area (Å²) in [5.41, 5.74) is 0.600. The van der Waals surface area contributed by atoms with Crippen molar-refractivity contribution < 1.29 is 9.53 Å². The minimum absolute atomic E-state index is 0.0157. The molecule has 0 unspecified atom stereocenters. The lowest BCUT2D eigenvalue weighted by Gasteiger charge is -2.35. The molecule has 21 heavy (non-hydrogen) atoms. The Morgan fingerprint density at radius 2 is 2.14 bits per heavy atom.